The first kappa shape index (κ1) is 27.8. The summed E-state index contributed by atoms with van der Waals surface area (Å²) in [5.41, 5.74) is 2.80. The van der Waals surface area contributed by atoms with E-state index in [0.717, 1.165) is 42.6 Å². The van der Waals surface area contributed by atoms with Crippen LogP contribution in [0.3, 0.4) is 0 Å². The highest BCUT2D eigenvalue weighted by Gasteiger charge is 2.08. The Bertz CT molecular complexity index is 1610. The SMILES string of the molecule is O=Cc1ccc(OCCCCc2cn(CCOCCOc3ccc4c(=O)cc(-c5ccccc5)oc4c3)nn2)cc1. The molecule has 5 rings (SSSR count). The largest absolute Gasteiger partial charge is 0.494 e. The monoisotopic (exact) mass is 553 g/mol. The summed E-state index contributed by atoms with van der Waals surface area (Å²) in [5, 5.41) is 8.91. The van der Waals surface area contributed by atoms with Crippen molar-refractivity contribution < 1.29 is 23.4 Å². The van der Waals surface area contributed by atoms with Crippen molar-refractivity contribution in [2.45, 2.75) is 25.8 Å². The minimum Gasteiger partial charge on any atom is -0.494 e. The molecule has 5 aromatic rings. The zero-order chi connectivity index (χ0) is 28.3. The Balaban J connectivity index is 0.985. The Morgan fingerprint density at radius 1 is 0.829 bits per heavy atom. The predicted molar refractivity (Wildman–Crippen MR) is 155 cm³/mol. The van der Waals surface area contributed by atoms with Crippen LogP contribution in [0.1, 0.15) is 28.9 Å². The summed E-state index contributed by atoms with van der Waals surface area (Å²) in [7, 11) is 0. The van der Waals surface area contributed by atoms with Crippen molar-refractivity contribution in [3.63, 3.8) is 0 Å². The summed E-state index contributed by atoms with van der Waals surface area (Å²) < 4.78 is 25.0. The van der Waals surface area contributed by atoms with Crippen molar-refractivity contribution in [1.82, 2.24) is 15.0 Å². The second-order valence-electron chi connectivity index (χ2n) is 9.43. The molecular formula is C32H31N3O6. The van der Waals surface area contributed by atoms with Gasteiger partial charge in [0.2, 0.25) is 0 Å². The van der Waals surface area contributed by atoms with Crippen LogP contribution < -0.4 is 14.9 Å². The molecule has 0 aliphatic rings. The number of carbonyl (C=O) groups is 1. The Morgan fingerprint density at radius 3 is 2.46 bits per heavy atom. The van der Waals surface area contributed by atoms with Gasteiger partial charge in [-0.25, -0.2) is 4.68 Å². The third kappa shape index (κ3) is 7.89. The lowest BCUT2D eigenvalue weighted by molar-refractivity contribution is 0.0923. The summed E-state index contributed by atoms with van der Waals surface area (Å²) >= 11 is 0. The lowest BCUT2D eigenvalue weighted by atomic mass is 10.1. The Labute approximate surface area is 237 Å². The number of hydrogen-bond acceptors (Lipinski definition) is 8. The molecule has 2 heterocycles. The van der Waals surface area contributed by atoms with Gasteiger partial charge in [-0.15, -0.1) is 5.10 Å². The van der Waals surface area contributed by atoms with Crippen LogP contribution in [0.5, 0.6) is 11.5 Å². The molecule has 2 aromatic heterocycles. The molecule has 3 aromatic carbocycles. The Morgan fingerprint density at radius 2 is 1.63 bits per heavy atom. The number of unbranched alkanes of at least 4 members (excludes halogenated alkanes) is 1. The van der Waals surface area contributed by atoms with Crippen molar-refractivity contribution in [3.8, 4) is 22.8 Å². The zero-order valence-corrected chi connectivity index (χ0v) is 22.6. The average Bonchev–Trinajstić information content (AvgIpc) is 3.46. The summed E-state index contributed by atoms with van der Waals surface area (Å²) in [6.45, 7) is 2.45. The number of rotatable bonds is 15. The molecule has 0 aliphatic heterocycles. The second kappa shape index (κ2) is 14.0. The topological polar surface area (TPSA) is 106 Å². The minimum atomic E-state index is -0.0934. The highest BCUT2D eigenvalue weighted by atomic mass is 16.5. The Hall–Kier alpha value is -4.76. The number of nitrogens with zero attached hydrogens (tertiary/aromatic N) is 3. The molecule has 9 nitrogen and oxygen atoms in total. The fourth-order valence-corrected chi connectivity index (χ4v) is 4.25. The molecule has 9 heteroatoms. The molecule has 0 bridgehead atoms. The quantitative estimate of drug-likeness (QED) is 0.126. The van der Waals surface area contributed by atoms with E-state index in [0.29, 0.717) is 61.0 Å². The molecule has 0 N–H and O–H groups in total. The van der Waals surface area contributed by atoms with Crippen LogP contribution in [0, 0.1) is 0 Å². The van der Waals surface area contributed by atoms with Crippen molar-refractivity contribution in [3.05, 3.63) is 107 Å². The van der Waals surface area contributed by atoms with Gasteiger partial charge in [0.1, 0.15) is 35.7 Å². The fraction of sp³-hybridized carbons (Fsp3) is 0.250. The molecule has 0 unspecified atom stereocenters. The van der Waals surface area contributed by atoms with E-state index in [1.807, 2.05) is 36.5 Å². The van der Waals surface area contributed by atoms with Crippen molar-refractivity contribution in [1.29, 1.82) is 0 Å². The van der Waals surface area contributed by atoms with E-state index in [1.54, 1.807) is 47.1 Å². The second-order valence-corrected chi connectivity index (χ2v) is 9.43. The van der Waals surface area contributed by atoms with Gasteiger partial charge in [0.25, 0.3) is 0 Å². The van der Waals surface area contributed by atoms with Crippen molar-refractivity contribution in [2.24, 2.45) is 0 Å². The van der Waals surface area contributed by atoms with Crippen LogP contribution in [-0.2, 0) is 17.7 Å². The van der Waals surface area contributed by atoms with E-state index in [4.69, 9.17) is 18.6 Å². The molecule has 0 radical (unpaired) electrons. The fourth-order valence-electron chi connectivity index (χ4n) is 4.25. The van der Waals surface area contributed by atoms with E-state index in [9.17, 15) is 9.59 Å². The lowest BCUT2D eigenvalue weighted by Crippen LogP contribution is -2.12. The lowest BCUT2D eigenvalue weighted by Gasteiger charge is -2.08. The van der Waals surface area contributed by atoms with Gasteiger partial charge >= 0.3 is 0 Å². The van der Waals surface area contributed by atoms with Gasteiger partial charge < -0.3 is 18.6 Å². The molecule has 0 spiro atoms. The van der Waals surface area contributed by atoms with E-state index in [1.165, 1.54) is 6.07 Å². The number of carbonyl (C=O) groups excluding carboxylic acids is 1. The van der Waals surface area contributed by atoms with Gasteiger partial charge in [-0.1, -0.05) is 35.5 Å². The first-order valence-electron chi connectivity index (χ1n) is 13.6. The van der Waals surface area contributed by atoms with Crippen LogP contribution >= 0.6 is 0 Å². The van der Waals surface area contributed by atoms with Gasteiger partial charge in [-0.3, -0.25) is 9.59 Å². The first-order chi connectivity index (χ1) is 20.2. The third-order valence-corrected chi connectivity index (χ3v) is 6.42. The minimum absolute atomic E-state index is 0.0934. The van der Waals surface area contributed by atoms with E-state index in [2.05, 4.69) is 10.3 Å². The number of ether oxygens (including phenoxy) is 3. The number of aromatic nitrogens is 3. The number of hydrogen-bond donors (Lipinski definition) is 0. The maximum Gasteiger partial charge on any atom is 0.193 e. The summed E-state index contributed by atoms with van der Waals surface area (Å²) in [4.78, 5) is 23.2. The van der Waals surface area contributed by atoms with Crippen LogP contribution in [0.25, 0.3) is 22.3 Å². The van der Waals surface area contributed by atoms with E-state index in [-0.39, 0.29) is 5.43 Å². The highest BCUT2D eigenvalue weighted by Crippen LogP contribution is 2.24. The van der Waals surface area contributed by atoms with E-state index >= 15 is 0 Å². The molecule has 0 saturated heterocycles. The average molecular weight is 554 g/mol. The standard InChI is InChI=1S/C32H31N3O6/c36-23-24-9-11-27(12-10-24)39-16-5-4-8-26-22-35(34-33-26)15-17-38-18-19-40-28-13-14-29-30(37)21-31(41-32(29)20-28)25-6-2-1-3-7-25/h1-3,6-7,9-14,20-23H,4-5,8,15-19H2. The predicted octanol–water partition coefficient (Wildman–Crippen LogP) is 5.36. The number of aldehydes is 1. The number of aryl methyl sites for hydroxylation is 1. The highest BCUT2D eigenvalue weighted by molar-refractivity contribution is 5.80. The first-order valence-corrected chi connectivity index (χ1v) is 13.6. The maximum absolute atomic E-state index is 12.5. The van der Waals surface area contributed by atoms with Crippen LogP contribution in [-0.4, -0.2) is 47.7 Å². The van der Waals surface area contributed by atoms with Gasteiger partial charge in [-0.2, -0.15) is 0 Å². The zero-order valence-electron chi connectivity index (χ0n) is 22.6. The summed E-state index contributed by atoms with van der Waals surface area (Å²) in [6.07, 6.45) is 5.40. The van der Waals surface area contributed by atoms with Crippen LogP contribution in [0.2, 0.25) is 0 Å². The van der Waals surface area contributed by atoms with Gasteiger partial charge in [0.05, 0.1) is 37.4 Å². The maximum atomic E-state index is 12.5. The molecular weight excluding hydrogens is 522 g/mol. The Kier molecular flexibility index (Phi) is 9.52. The molecule has 0 saturated carbocycles. The third-order valence-electron chi connectivity index (χ3n) is 6.42. The van der Waals surface area contributed by atoms with Gasteiger partial charge in [-0.05, 0) is 55.7 Å². The van der Waals surface area contributed by atoms with Gasteiger partial charge in [0, 0.05) is 29.5 Å². The van der Waals surface area contributed by atoms with Crippen molar-refractivity contribution in [2.75, 3.05) is 26.4 Å². The van der Waals surface area contributed by atoms with Crippen LogP contribution in [0.15, 0.2) is 94.3 Å². The van der Waals surface area contributed by atoms with E-state index < -0.39 is 0 Å². The molecule has 0 aliphatic carbocycles. The summed E-state index contributed by atoms with van der Waals surface area (Å²) in [6, 6.07) is 23.3. The molecule has 41 heavy (non-hydrogen) atoms. The summed E-state index contributed by atoms with van der Waals surface area (Å²) in [5.74, 6) is 1.89. The normalized spacial score (nSPS) is 11.0. The molecule has 0 fully saturated rings. The van der Waals surface area contributed by atoms with Crippen LogP contribution in [0.4, 0.5) is 0 Å². The van der Waals surface area contributed by atoms with Gasteiger partial charge in [0.15, 0.2) is 5.43 Å². The smallest absolute Gasteiger partial charge is 0.193 e. The van der Waals surface area contributed by atoms with Crippen molar-refractivity contribution >= 4 is 17.3 Å². The molecule has 210 valence electrons. The number of fused-ring (bicyclic) bond motifs is 1. The molecule has 0 atom stereocenters. The number of benzene rings is 3. The molecule has 0 amide bonds.